The molecule has 0 N–H and O–H groups in total. The Hall–Kier alpha value is -0.540. The Morgan fingerprint density at radius 3 is 2.67 bits per heavy atom. The van der Waals surface area contributed by atoms with Gasteiger partial charge in [-0.25, -0.2) is 0 Å². The summed E-state index contributed by atoms with van der Waals surface area (Å²) < 4.78 is 5.41. The first-order valence-corrected chi connectivity index (χ1v) is 7.67. The van der Waals surface area contributed by atoms with Gasteiger partial charge in [-0.05, 0) is 39.4 Å². The van der Waals surface area contributed by atoms with E-state index in [4.69, 9.17) is 4.74 Å². The second kappa shape index (κ2) is 8.54. The van der Waals surface area contributed by atoms with E-state index < -0.39 is 0 Å². The minimum absolute atomic E-state index is 0.958. The Morgan fingerprint density at radius 1 is 1.22 bits per heavy atom. The average molecular weight is 314 g/mol. The van der Waals surface area contributed by atoms with Crippen LogP contribution < -0.4 is 4.74 Å². The molecule has 0 unspecified atom stereocenters. The standard InChI is InChI=1S/C15H24BrNO/c1-13-7-8-15(18-3)14(11-13)12-17(2)10-6-4-5-9-16/h7-8,11H,4-6,9-10,12H2,1-3H3. The fourth-order valence-electron chi connectivity index (χ4n) is 2.05. The number of alkyl halides is 1. The molecule has 0 radical (unpaired) electrons. The fraction of sp³-hybridized carbons (Fsp3) is 0.600. The number of nitrogens with zero attached hydrogens (tertiary/aromatic N) is 1. The molecule has 102 valence electrons. The molecule has 0 atom stereocenters. The van der Waals surface area contributed by atoms with E-state index in [0.717, 1.165) is 24.2 Å². The summed E-state index contributed by atoms with van der Waals surface area (Å²) >= 11 is 3.47. The van der Waals surface area contributed by atoms with Gasteiger partial charge in [-0.2, -0.15) is 0 Å². The maximum absolute atomic E-state index is 5.41. The number of rotatable bonds is 8. The van der Waals surface area contributed by atoms with Crippen LogP contribution in [0.1, 0.15) is 30.4 Å². The van der Waals surface area contributed by atoms with E-state index in [9.17, 15) is 0 Å². The molecule has 1 rings (SSSR count). The zero-order chi connectivity index (χ0) is 13.4. The van der Waals surface area contributed by atoms with E-state index in [1.807, 2.05) is 0 Å². The minimum atomic E-state index is 0.958. The van der Waals surface area contributed by atoms with Gasteiger partial charge in [-0.15, -0.1) is 0 Å². The molecule has 0 saturated carbocycles. The summed E-state index contributed by atoms with van der Waals surface area (Å²) in [5, 5.41) is 1.11. The number of halogens is 1. The Balaban J connectivity index is 2.47. The van der Waals surface area contributed by atoms with Gasteiger partial charge in [0.1, 0.15) is 5.75 Å². The number of aryl methyl sites for hydroxylation is 1. The van der Waals surface area contributed by atoms with Crippen molar-refractivity contribution in [1.29, 1.82) is 0 Å². The molecule has 3 heteroatoms. The highest BCUT2D eigenvalue weighted by Crippen LogP contribution is 2.21. The number of methoxy groups -OCH3 is 1. The third kappa shape index (κ3) is 5.40. The number of ether oxygens (including phenoxy) is 1. The summed E-state index contributed by atoms with van der Waals surface area (Å²) in [4.78, 5) is 2.37. The number of hydrogen-bond donors (Lipinski definition) is 0. The van der Waals surface area contributed by atoms with Crippen LogP contribution >= 0.6 is 15.9 Å². The van der Waals surface area contributed by atoms with Crippen molar-refractivity contribution in [2.45, 2.75) is 32.7 Å². The largest absolute Gasteiger partial charge is 0.496 e. The molecule has 0 heterocycles. The van der Waals surface area contributed by atoms with Gasteiger partial charge in [0.15, 0.2) is 0 Å². The number of hydrogen-bond acceptors (Lipinski definition) is 2. The quantitative estimate of drug-likeness (QED) is 0.531. The predicted molar refractivity (Wildman–Crippen MR) is 81.7 cm³/mol. The van der Waals surface area contributed by atoms with Crippen molar-refractivity contribution >= 4 is 15.9 Å². The first kappa shape index (κ1) is 15.5. The first-order valence-electron chi connectivity index (χ1n) is 6.55. The van der Waals surface area contributed by atoms with Crippen LogP contribution in [0.4, 0.5) is 0 Å². The molecule has 0 aliphatic carbocycles. The lowest BCUT2D eigenvalue weighted by Gasteiger charge is -2.18. The lowest BCUT2D eigenvalue weighted by atomic mass is 10.1. The topological polar surface area (TPSA) is 12.5 Å². The van der Waals surface area contributed by atoms with Crippen LogP contribution in [-0.4, -0.2) is 30.9 Å². The van der Waals surface area contributed by atoms with E-state index in [1.165, 1.54) is 30.4 Å². The molecule has 1 aromatic rings. The molecule has 0 saturated heterocycles. The highest BCUT2D eigenvalue weighted by molar-refractivity contribution is 9.09. The second-order valence-corrected chi connectivity index (χ2v) is 5.60. The Kier molecular flexibility index (Phi) is 7.36. The van der Waals surface area contributed by atoms with Crippen molar-refractivity contribution in [3.8, 4) is 5.75 Å². The SMILES string of the molecule is COc1ccc(C)cc1CN(C)CCCCCBr. The molecule has 2 nitrogen and oxygen atoms in total. The van der Waals surface area contributed by atoms with Crippen LogP contribution in [-0.2, 0) is 6.54 Å². The highest BCUT2D eigenvalue weighted by Gasteiger charge is 2.06. The number of unbranched alkanes of at least 4 members (excludes halogenated alkanes) is 2. The predicted octanol–water partition coefficient (Wildman–Crippen LogP) is 4.00. The molecule has 0 aliphatic heterocycles. The lowest BCUT2D eigenvalue weighted by Crippen LogP contribution is -2.19. The van der Waals surface area contributed by atoms with Crippen LogP contribution in [0.5, 0.6) is 5.75 Å². The van der Waals surface area contributed by atoms with E-state index in [0.29, 0.717) is 0 Å². The summed E-state index contributed by atoms with van der Waals surface area (Å²) in [5.74, 6) is 0.993. The van der Waals surface area contributed by atoms with E-state index >= 15 is 0 Å². The molecule has 0 aliphatic rings. The van der Waals surface area contributed by atoms with Crippen molar-refractivity contribution in [1.82, 2.24) is 4.90 Å². The van der Waals surface area contributed by atoms with Crippen molar-refractivity contribution in [3.63, 3.8) is 0 Å². The Bertz CT molecular complexity index is 354. The van der Waals surface area contributed by atoms with Crippen LogP contribution in [0.2, 0.25) is 0 Å². The maximum Gasteiger partial charge on any atom is 0.123 e. The summed E-state index contributed by atoms with van der Waals surface area (Å²) in [6.45, 7) is 4.22. The normalized spacial score (nSPS) is 10.9. The third-order valence-electron chi connectivity index (χ3n) is 3.05. The summed E-state index contributed by atoms with van der Waals surface area (Å²) in [6.07, 6.45) is 3.82. The van der Waals surface area contributed by atoms with Gasteiger partial charge in [0.2, 0.25) is 0 Å². The van der Waals surface area contributed by atoms with Crippen molar-refractivity contribution in [2.24, 2.45) is 0 Å². The van der Waals surface area contributed by atoms with Crippen LogP contribution in [0.15, 0.2) is 18.2 Å². The number of benzene rings is 1. The van der Waals surface area contributed by atoms with Gasteiger partial charge in [-0.3, -0.25) is 0 Å². The van der Waals surface area contributed by atoms with Gasteiger partial charge in [-0.1, -0.05) is 40.0 Å². The molecule has 1 aromatic carbocycles. The molecule has 0 amide bonds. The summed E-state index contributed by atoms with van der Waals surface area (Å²) in [7, 11) is 3.92. The van der Waals surface area contributed by atoms with Crippen LogP contribution in [0, 0.1) is 6.92 Å². The monoisotopic (exact) mass is 313 g/mol. The van der Waals surface area contributed by atoms with Gasteiger partial charge < -0.3 is 9.64 Å². The van der Waals surface area contributed by atoms with Gasteiger partial charge >= 0.3 is 0 Å². The minimum Gasteiger partial charge on any atom is -0.496 e. The third-order valence-corrected chi connectivity index (χ3v) is 3.61. The van der Waals surface area contributed by atoms with Gasteiger partial charge in [0.25, 0.3) is 0 Å². The zero-order valence-corrected chi connectivity index (χ0v) is 13.3. The highest BCUT2D eigenvalue weighted by atomic mass is 79.9. The maximum atomic E-state index is 5.41. The smallest absolute Gasteiger partial charge is 0.123 e. The lowest BCUT2D eigenvalue weighted by molar-refractivity contribution is 0.310. The Labute approximate surface area is 119 Å². The van der Waals surface area contributed by atoms with Crippen molar-refractivity contribution < 1.29 is 4.74 Å². The van der Waals surface area contributed by atoms with E-state index in [-0.39, 0.29) is 0 Å². The van der Waals surface area contributed by atoms with Gasteiger partial charge in [0.05, 0.1) is 7.11 Å². The second-order valence-electron chi connectivity index (χ2n) is 4.80. The van der Waals surface area contributed by atoms with Crippen LogP contribution in [0.3, 0.4) is 0 Å². The van der Waals surface area contributed by atoms with E-state index in [2.05, 4.69) is 53.0 Å². The van der Waals surface area contributed by atoms with Gasteiger partial charge in [0, 0.05) is 17.4 Å². The molecule has 0 spiro atoms. The molecule has 0 bridgehead atoms. The average Bonchev–Trinajstić information content (AvgIpc) is 2.35. The molecular formula is C15H24BrNO. The Morgan fingerprint density at radius 2 is 2.00 bits per heavy atom. The van der Waals surface area contributed by atoms with Crippen molar-refractivity contribution in [3.05, 3.63) is 29.3 Å². The molecule has 18 heavy (non-hydrogen) atoms. The fourth-order valence-corrected chi connectivity index (χ4v) is 2.45. The zero-order valence-electron chi connectivity index (χ0n) is 11.7. The molecule has 0 aromatic heterocycles. The van der Waals surface area contributed by atoms with E-state index in [1.54, 1.807) is 7.11 Å². The van der Waals surface area contributed by atoms with Crippen LogP contribution in [0.25, 0.3) is 0 Å². The van der Waals surface area contributed by atoms with Crippen molar-refractivity contribution in [2.75, 3.05) is 26.0 Å². The summed E-state index contributed by atoms with van der Waals surface area (Å²) in [6, 6.07) is 6.37. The first-order chi connectivity index (χ1) is 8.67. The molecular weight excluding hydrogens is 290 g/mol. The molecule has 0 fully saturated rings. The summed E-state index contributed by atoms with van der Waals surface area (Å²) in [5.41, 5.74) is 2.57.